The number of carboxylic acids is 1. The van der Waals surface area contributed by atoms with Crippen molar-refractivity contribution >= 4 is 33.6 Å². The van der Waals surface area contributed by atoms with Crippen LogP contribution in [0.2, 0.25) is 0 Å². The SMILES string of the molecule is CO[C@H]1C(=O)N2C(C(=O)N(C)Cc3ccccc3)=C(COC(=O)c3ccc(C(=O)O)cc3)CS(=O)(=O)[C@H]12. The van der Waals surface area contributed by atoms with Gasteiger partial charge in [-0.05, 0) is 29.8 Å². The van der Waals surface area contributed by atoms with Crippen LogP contribution in [0.15, 0.2) is 65.9 Å². The highest BCUT2D eigenvalue weighted by molar-refractivity contribution is 7.92. The van der Waals surface area contributed by atoms with Gasteiger partial charge in [0, 0.05) is 26.3 Å². The monoisotopic (exact) mass is 528 g/mol. The second kappa shape index (κ2) is 10.1. The summed E-state index contributed by atoms with van der Waals surface area (Å²) in [5, 5.41) is 7.66. The summed E-state index contributed by atoms with van der Waals surface area (Å²) in [7, 11) is -1.21. The highest BCUT2D eigenvalue weighted by Gasteiger charge is 2.60. The number of β-lactam (4-membered cyclic amide) rings is 1. The number of hydrogen-bond donors (Lipinski definition) is 1. The number of nitrogens with zero attached hydrogens (tertiary/aromatic N) is 2. The maximum atomic E-state index is 13.5. The van der Waals surface area contributed by atoms with Crippen molar-refractivity contribution in [3.63, 3.8) is 0 Å². The Morgan fingerprint density at radius 1 is 1.05 bits per heavy atom. The van der Waals surface area contributed by atoms with Crippen molar-refractivity contribution in [2.75, 3.05) is 26.5 Å². The highest BCUT2D eigenvalue weighted by atomic mass is 32.2. The minimum atomic E-state index is -3.95. The van der Waals surface area contributed by atoms with Gasteiger partial charge in [0.2, 0.25) is 0 Å². The number of carboxylic acid groups (broad SMARTS) is 1. The fourth-order valence-corrected chi connectivity index (χ4v) is 6.28. The Kier molecular flexibility index (Phi) is 7.14. The number of rotatable bonds is 8. The van der Waals surface area contributed by atoms with Gasteiger partial charge in [-0.2, -0.15) is 0 Å². The first-order valence-corrected chi connectivity index (χ1v) is 12.9. The quantitative estimate of drug-likeness (QED) is 0.392. The molecule has 12 heteroatoms. The van der Waals surface area contributed by atoms with Gasteiger partial charge in [0.05, 0.1) is 16.9 Å². The number of carbonyl (C=O) groups is 4. The van der Waals surface area contributed by atoms with Crippen molar-refractivity contribution in [1.82, 2.24) is 9.80 Å². The summed E-state index contributed by atoms with van der Waals surface area (Å²) in [6.45, 7) is -0.369. The molecule has 2 aliphatic heterocycles. The predicted octanol–water partition coefficient (Wildman–Crippen LogP) is 1.07. The van der Waals surface area contributed by atoms with E-state index in [4.69, 9.17) is 14.6 Å². The Morgan fingerprint density at radius 3 is 2.27 bits per heavy atom. The number of carbonyl (C=O) groups excluding carboxylic acids is 3. The van der Waals surface area contributed by atoms with Crippen LogP contribution in [0.25, 0.3) is 0 Å². The zero-order chi connectivity index (χ0) is 26.9. The van der Waals surface area contributed by atoms with Gasteiger partial charge in [0.1, 0.15) is 12.3 Å². The standard InChI is InChI=1S/C25H24N2O9S/c1-26(12-15-6-4-3-5-7-15)21(28)19-18(14-37(33,34)23-20(35-2)22(29)27(19)23)13-36-25(32)17-10-8-16(9-11-17)24(30)31/h3-11,20,23H,12-14H2,1-2H3,(H,30,31)/t20-,23+/m0/s1. The van der Waals surface area contributed by atoms with E-state index in [-0.39, 0.29) is 28.9 Å². The molecule has 0 bridgehead atoms. The minimum absolute atomic E-state index is 0.0259. The highest BCUT2D eigenvalue weighted by Crippen LogP contribution is 2.38. The molecule has 1 saturated heterocycles. The van der Waals surface area contributed by atoms with Crippen LogP contribution in [0.5, 0.6) is 0 Å². The fraction of sp³-hybridized carbons (Fsp3) is 0.280. The molecule has 2 aromatic rings. The lowest BCUT2D eigenvalue weighted by molar-refractivity contribution is -0.161. The Labute approximate surface area is 212 Å². The molecule has 4 rings (SSSR count). The number of likely N-dealkylation sites (N-methyl/N-ethyl adjacent to an activating group) is 1. The summed E-state index contributed by atoms with van der Waals surface area (Å²) in [6, 6.07) is 14.1. The first-order chi connectivity index (χ1) is 17.5. The van der Waals surface area contributed by atoms with Crippen molar-refractivity contribution in [3.05, 3.63) is 82.6 Å². The molecule has 0 saturated carbocycles. The average molecular weight is 529 g/mol. The van der Waals surface area contributed by atoms with Crippen molar-refractivity contribution in [2.45, 2.75) is 18.0 Å². The van der Waals surface area contributed by atoms with Crippen LogP contribution in [0.3, 0.4) is 0 Å². The Bertz CT molecular complexity index is 1390. The molecule has 0 unspecified atom stereocenters. The van der Waals surface area contributed by atoms with Crippen molar-refractivity contribution in [1.29, 1.82) is 0 Å². The van der Waals surface area contributed by atoms with Crippen LogP contribution in [-0.2, 0) is 35.4 Å². The molecule has 0 aromatic heterocycles. The number of methoxy groups -OCH3 is 1. The van der Waals surface area contributed by atoms with Crippen LogP contribution in [-0.4, -0.2) is 85.1 Å². The van der Waals surface area contributed by atoms with E-state index in [1.165, 1.54) is 43.3 Å². The minimum Gasteiger partial charge on any atom is -0.478 e. The van der Waals surface area contributed by atoms with E-state index in [0.717, 1.165) is 10.5 Å². The number of amides is 2. The van der Waals surface area contributed by atoms with Crippen LogP contribution in [0.4, 0.5) is 0 Å². The van der Waals surface area contributed by atoms with Crippen LogP contribution < -0.4 is 0 Å². The normalized spacial score (nSPS) is 20.1. The van der Waals surface area contributed by atoms with Crippen LogP contribution >= 0.6 is 0 Å². The maximum Gasteiger partial charge on any atom is 0.338 e. The zero-order valence-electron chi connectivity index (χ0n) is 20.0. The van der Waals surface area contributed by atoms with Gasteiger partial charge in [-0.25, -0.2) is 18.0 Å². The molecular weight excluding hydrogens is 504 g/mol. The Balaban J connectivity index is 1.64. The van der Waals surface area contributed by atoms with E-state index in [0.29, 0.717) is 0 Å². The first-order valence-electron chi connectivity index (χ1n) is 11.1. The first kappa shape index (κ1) is 26.0. The lowest BCUT2D eigenvalue weighted by Crippen LogP contribution is -2.71. The molecule has 37 heavy (non-hydrogen) atoms. The number of benzene rings is 2. The lowest BCUT2D eigenvalue weighted by Gasteiger charge is -2.49. The van der Waals surface area contributed by atoms with Gasteiger partial charge in [-0.15, -0.1) is 0 Å². The number of esters is 1. The third kappa shape index (κ3) is 4.98. The molecule has 2 amide bonds. The van der Waals surface area contributed by atoms with Crippen molar-refractivity contribution in [2.24, 2.45) is 0 Å². The Morgan fingerprint density at radius 2 is 1.68 bits per heavy atom. The fourth-order valence-electron chi connectivity index (χ4n) is 4.27. The molecule has 2 heterocycles. The van der Waals surface area contributed by atoms with Crippen molar-refractivity contribution < 1.29 is 42.2 Å². The summed E-state index contributed by atoms with van der Waals surface area (Å²) in [4.78, 5) is 52.1. The number of sulfone groups is 1. The average Bonchev–Trinajstić information content (AvgIpc) is 2.87. The molecule has 0 aliphatic carbocycles. The molecule has 1 N–H and O–H groups in total. The zero-order valence-corrected chi connectivity index (χ0v) is 20.8. The topological polar surface area (TPSA) is 148 Å². The smallest absolute Gasteiger partial charge is 0.338 e. The van der Waals surface area contributed by atoms with E-state index >= 15 is 0 Å². The molecule has 2 aliphatic rings. The Hall–Kier alpha value is -4.03. The molecule has 2 atom stereocenters. The number of fused-ring (bicyclic) bond motifs is 1. The second-order valence-corrected chi connectivity index (χ2v) is 10.7. The van der Waals surface area contributed by atoms with E-state index < -0.39 is 57.4 Å². The predicted molar refractivity (Wildman–Crippen MR) is 129 cm³/mol. The summed E-state index contributed by atoms with van der Waals surface area (Å²) >= 11 is 0. The van der Waals surface area contributed by atoms with Gasteiger partial charge in [-0.3, -0.25) is 14.5 Å². The van der Waals surface area contributed by atoms with Gasteiger partial charge in [0.15, 0.2) is 21.3 Å². The van der Waals surface area contributed by atoms with Gasteiger partial charge in [0.25, 0.3) is 11.8 Å². The summed E-state index contributed by atoms with van der Waals surface area (Å²) < 4.78 is 36.3. The third-order valence-corrected chi connectivity index (χ3v) is 8.07. The maximum absolute atomic E-state index is 13.5. The molecule has 2 aromatic carbocycles. The summed E-state index contributed by atoms with van der Waals surface area (Å²) in [5.41, 5.74) is 0.629. The lowest BCUT2D eigenvalue weighted by atomic mass is 10.0. The molecule has 1 fully saturated rings. The van der Waals surface area contributed by atoms with E-state index in [1.807, 2.05) is 30.3 Å². The van der Waals surface area contributed by atoms with E-state index in [9.17, 15) is 27.6 Å². The number of ether oxygens (including phenoxy) is 2. The summed E-state index contributed by atoms with van der Waals surface area (Å²) in [6.07, 6.45) is -1.23. The molecular formula is C25H24N2O9S. The second-order valence-electron chi connectivity index (χ2n) is 8.62. The van der Waals surface area contributed by atoms with Gasteiger partial charge in [-0.1, -0.05) is 30.3 Å². The van der Waals surface area contributed by atoms with E-state index in [1.54, 1.807) is 0 Å². The van der Waals surface area contributed by atoms with Gasteiger partial charge >= 0.3 is 11.9 Å². The summed E-state index contributed by atoms with van der Waals surface area (Å²) in [5.74, 6) is -3.90. The van der Waals surface area contributed by atoms with Gasteiger partial charge < -0.3 is 19.5 Å². The third-order valence-electron chi connectivity index (χ3n) is 6.12. The van der Waals surface area contributed by atoms with Crippen LogP contribution in [0, 0.1) is 0 Å². The largest absolute Gasteiger partial charge is 0.478 e. The van der Waals surface area contributed by atoms with Crippen LogP contribution in [0.1, 0.15) is 26.3 Å². The number of hydrogen-bond acceptors (Lipinski definition) is 8. The number of aromatic carboxylic acids is 1. The molecule has 194 valence electrons. The molecule has 11 nitrogen and oxygen atoms in total. The molecule has 0 radical (unpaired) electrons. The van der Waals surface area contributed by atoms with E-state index in [2.05, 4.69) is 0 Å². The molecule has 0 spiro atoms. The van der Waals surface area contributed by atoms with Crippen molar-refractivity contribution in [3.8, 4) is 0 Å².